The van der Waals surface area contributed by atoms with Crippen molar-refractivity contribution < 1.29 is 38.1 Å². The standard InChI is InChI=1S/C21H18N2O9/c1-29-14(26)8-23-12-6-4-3-5-11(12)21(20(23)28)15(19(27)30-2)18(22)32-16-13(25)7-10(9-24)31-17(16)21/h3-7,24H,8-9,22H2,1-2H3. The number of ether oxygens (including phenoxy) is 3. The Morgan fingerprint density at radius 2 is 1.91 bits per heavy atom. The highest BCUT2D eigenvalue weighted by molar-refractivity contribution is 6.19. The molecular formula is C21H18N2O9. The maximum atomic E-state index is 14.0. The fourth-order valence-electron chi connectivity index (χ4n) is 4.03. The lowest BCUT2D eigenvalue weighted by Gasteiger charge is -2.34. The van der Waals surface area contributed by atoms with Crippen molar-refractivity contribution in [1.82, 2.24) is 0 Å². The topological polar surface area (TPSA) is 159 Å². The summed E-state index contributed by atoms with van der Waals surface area (Å²) in [5.74, 6) is -4.01. The summed E-state index contributed by atoms with van der Waals surface area (Å²) in [6, 6.07) is 7.30. The van der Waals surface area contributed by atoms with Gasteiger partial charge in [0.05, 0.1) is 14.2 Å². The molecule has 1 aromatic carbocycles. The van der Waals surface area contributed by atoms with Gasteiger partial charge in [0.15, 0.2) is 11.2 Å². The molecule has 0 bridgehead atoms. The smallest absolute Gasteiger partial charge is 0.341 e. The average Bonchev–Trinajstić information content (AvgIpc) is 3.03. The molecule has 11 nitrogen and oxygen atoms in total. The number of rotatable bonds is 4. The third-order valence-electron chi connectivity index (χ3n) is 5.35. The number of para-hydroxylation sites is 1. The van der Waals surface area contributed by atoms with Crippen molar-refractivity contribution in [3.05, 3.63) is 69.1 Å². The van der Waals surface area contributed by atoms with Gasteiger partial charge in [-0.25, -0.2) is 4.79 Å². The van der Waals surface area contributed by atoms with Crippen molar-refractivity contribution >= 4 is 23.5 Å². The minimum absolute atomic E-state index is 0.168. The lowest BCUT2D eigenvalue weighted by molar-refractivity contribution is -0.140. The summed E-state index contributed by atoms with van der Waals surface area (Å²) in [6.07, 6.45) is 0. The fraction of sp³-hybridized carbons (Fsp3) is 0.238. The summed E-state index contributed by atoms with van der Waals surface area (Å²) in [5, 5.41) is 9.57. The van der Waals surface area contributed by atoms with Gasteiger partial charge in [0.25, 0.3) is 5.91 Å². The normalized spacial score (nSPS) is 18.8. The summed E-state index contributed by atoms with van der Waals surface area (Å²) < 4.78 is 20.7. The first-order chi connectivity index (χ1) is 15.3. The van der Waals surface area contributed by atoms with Gasteiger partial charge in [-0.05, 0) is 6.07 Å². The van der Waals surface area contributed by atoms with E-state index in [1.54, 1.807) is 18.2 Å². The molecular weight excluding hydrogens is 424 g/mol. The number of aliphatic hydroxyl groups is 1. The second-order valence-corrected chi connectivity index (χ2v) is 6.96. The lowest BCUT2D eigenvalue weighted by Crippen LogP contribution is -2.50. The summed E-state index contributed by atoms with van der Waals surface area (Å²) in [6.45, 7) is -1.14. The average molecular weight is 442 g/mol. The maximum absolute atomic E-state index is 14.0. The summed E-state index contributed by atoms with van der Waals surface area (Å²) in [5.41, 5.74) is 3.25. The van der Waals surface area contributed by atoms with Crippen LogP contribution in [0, 0.1) is 0 Å². The van der Waals surface area contributed by atoms with Gasteiger partial charge >= 0.3 is 11.9 Å². The molecule has 1 unspecified atom stereocenters. The van der Waals surface area contributed by atoms with E-state index in [0.717, 1.165) is 18.1 Å². The van der Waals surface area contributed by atoms with Crippen LogP contribution in [-0.2, 0) is 35.9 Å². The number of hydrogen-bond donors (Lipinski definition) is 2. The minimum Gasteiger partial charge on any atom is -0.468 e. The Hall–Kier alpha value is -4.12. The number of nitrogens with zero attached hydrogens (tertiary/aromatic N) is 1. The Balaban J connectivity index is 2.14. The van der Waals surface area contributed by atoms with Crippen molar-refractivity contribution in [2.75, 3.05) is 25.7 Å². The zero-order valence-electron chi connectivity index (χ0n) is 17.0. The zero-order chi connectivity index (χ0) is 23.2. The number of anilines is 1. The predicted octanol–water partition coefficient (Wildman–Crippen LogP) is -0.327. The molecule has 3 heterocycles. The Labute approximate surface area is 180 Å². The molecule has 0 aliphatic carbocycles. The summed E-state index contributed by atoms with van der Waals surface area (Å²) in [4.78, 5) is 52.7. The SMILES string of the molecule is COC(=O)CN1C(=O)C2(C(C(=O)OC)=C(N)Oc3c2oc(CO)cc3=O)c2ccccc21. The molecule has 0 saturated heterocycles. The van der Waals surface area contributed by atoms with Gasteiger partial charge < -0.3 is 29.5 Å². The highest BCUT2D eigenvalue weighted by atomic mass is 16.5. The molecule has 2 aromatic rings. The first-order valence-corrected chi connectivity index (χ1v) is 9.34. The molecule has 3 N–H and O–H groups in total. The van der Waals surface area contributed by atoms with Crippen molar-refractivity contribution in [2.24, 2.45) is 5.73 Å². The number of carbonyl (C=O) groups is 3. The van der Waals surface area contributed by atoms with Crippen LogP contribution in [0.2, 0.25) is 0 Å². The lowest BCUT2D eigenvalue weighted by atomic mass is 9.71. The van der Waals surface area contributed by atoms with E-state index in [1.807, 2.05) is 0 Å². The number of fused-ring (bicyclic) bond motifs is 4. The number of esters is 2. The number of methoxy groups -OCH3 is 2. The minimum atomic E-state index is -2.10. The summed E-state index contributed by atoms with van der Waals surface area (Å²) in [7, 11) is 2.25. The molecule has 1 atom stereocenters. The predicted molar refractivity (Wildman–Crippen MR) is 106 cm³/mol. The number of nitrogens with two attached hydrogens (primary N) is 1. The second kappa shape index (κ2) is 7.54. The van der Waals surface area contributed by atoms with E-state index in [9.17, 15) is 24.3 Å². The fourth-order valence-corrected chi connectivity index (χ4v) is 4.03. The molecule has 4 rings (SSSR count). The first kappa shape index (κ1) is 21.1. The van der Waals surface area contributed by atoms with Gasteiger partial charge in [-0.2, -0.15) is 0 Å². The summed E-state index contributed by atoms with van der Waals surface area (Å²) >= 11 is 0. The van der Waals surface area contributed by atoms with Gasteiger partial charge in [0, 0.05) is 17.3 Å². The highest BCUT2D eigenvalue weighted by Crippen LogP contribution is 2.55. The molecule has 166 valence electrons. The Morgan fingerprint density at radius 3 is 2.56 bits per heavy atom. The second-order valence-electron chi connectivity index (χ2n) is 6.96. The van der Waals surface area contributed by atoms with Crippen LogP contribution in [0.3, 0.4) is 0 Å². The third kappa shape index (κ3) is 2.71. The molecule has 0 saturated carbocycles. The van der Waals surface area contributed by atoms with Crippen LogP contribution in [0.1, 0.15) is 17.1 Å². The van der Waals surface area contributed by atoms with Crippen LogP contribution in [0.15, 0.2) is 51.0 Å². The number of hydrogen-bond acceptors (Lipinski definition) is 10. The van der Waals surface area contributed by atoms with Gasteiger partial charge in [-0.3, -0.25) is 19.3 Å². The number of benzene rings is 1. The van der Waals surface area contributed by atoms with Crippen LogP contribution >= 0.6 is 0 Å². The van der Waals surface area contributed by atoms with Crippen LogP contribution in [0.4, 0.5) is 5.69 Å². The van der Waals surface area contributed by atoms with Crippen LogP contribution in [0.5, 0.6) is 5.75 Å². The first-order valence-electron chi connectivity index (χ1n) is 9.34. The molecule has 32 heavy (non-hydrogen) atoms. The Bertz CT molecular complexity index is 1250. The molecule has 2 aliphatic heterocycles. The van der Waals surface area contributed by atoms with E-state index in [-0.39, 0.29) is 22.8 Å². The van der Waals surface area contributed by atoms with Gasteiger partial charge in [-0.1, -0.05) is 18.2 Å². The maximum Gasteiger partial charge on any atom is 0.341 e. The van der Waals surface area contributed by atoms with Crippen LogP contribution < -0.4 is 20.8 Å². The van der Waals surface area contributed by atoms with Gasteiger partial charge in [0.1, 0.15) is 24.5 Å². The molecule has 11 heteroatoms. The molecule has 1 spiro atoms. The van der Waals surface area contributed by atoms with E-state index in [2.05, 4.69) is 0 Å². The van der Waals surface area contributed by atoms with Crippen molar-refractivity contribution in [1.29, 1.82) is 0 Å². The van der Waals surface area contributed by atoms with Crippen molar-refractivity contribution in [2.45, 2.75) is 12.0 Å². The van der Waals surface area contributed by atoms with Crippen molar-refractivity contribution in [3.63, 3.8) is 0 Å². The van der Waals surface area contributed by atoms with E-state index >= 15 is 0 Å². The molecule has 1 amide bonds. The monoisotopic (exact) mass is 442 g/mol. The van der Waals surface area contributed by atoms with E-state index in [0.29, 0.717) is 0 Å². The van der Waals surface area contributed by atoms with Gasteiger partial charge in [-0.15, -0.1) is 0 Å². The van der Waals surface area contributed by atoms with Crippen LogP contribution in [-0.4, -0.2) is 43.7 Å². The molecule has 1 aromatic heterocycles. The molecule has 2 aliphatic rings. The Kier molecular flexibility index (Phi) is 4.97. The van der Waals surface area contributed by atoms with Gasteiger partial charge in [0.2, 0.25) is 17.1 Å². The molecule has 0 radical (unpaired) electrons. The van der Waals surface area contributed by atoms with E-state index in [4.69, 9.17) is 24.4 Å². The van der Waals surface area contributed by atoms with Crippen molar-refractivity contribution in [3.8, 4) is 5.75 Å². The largest absolute Gasteiger partial charge is 0.468 e. The quantitative estimate of drug-likeness (QED) is 0.601. The number of carbonyl (C=O) groups excluding carboxylic acids is 3. The Morgan fingerprint density at radius 1 is 1.19 bits per heavy atom. The van der Waals surface area contributed by atoms with E-state index < -0.39 is 59.0 Å². The zero-order valence-corrected chi connectivity index (χ0v) is 17.0. The molecule has 0 fully saturated rings. The number of amides is 1. The third-order valence-corrected chi connectivity index (χ3v) is 5.35. The number of aliphatic hydroxyl groups excluding tert-OH is 1. The van der Waals surface area contributed by atoms with E-state index in [1.165, 1.54) is 13.2 Å². The highest BCUT2D eigenvalue weighted by Gasteiger charge is 2.63. The van der Waals surface area contributed by atoms with Crippen LogP contribution in [0.25, 0.3) is 0 Å².